The Kier molecular flexibility index (Phi) is 6.19. The Balaban J connectivity index is 1.61. The summed E-state index contributed by atoms with van der Waals surface area (Å²) in [7, 11) is 0. The number of nitrogens with one attached hydrogen (secondary N) is 3. The van der Waals surface area contributed by atoms with E-state index in [1.165, 1.54) is 18.2 Å². The van der Waals surface area contributed by atoms with E-state index in [0.29, 0.717) is 17.1 Å². The fourth-order valence-corrected chi connectivity index (χ4v) is 4.78. The van der Waals surface area contributed by atoms with Crippen molar-refractivity contribution in [3.05, 3.63) is 91.8 Å². The molecule has 1 saturated heterocycles. The first-order valence-electron chi connectivity index (χ1n) is 11.7. The molecule has 11 heteroatoms. The minimum atomic E-state index is -1.20. The molecule has 11 nitrogen and oxygen atoms in total. The predicted octanol–water partition coefficient (Wildman–Crippen LogP) is 2.55. The summed E-state index contributed by atoms with van der Waals surface area (Å²) in [5, 5.41) is 16.8. The molecule has 0 spiro atoms. The van der Waals surface area contributed by atoms with E-state index < -0.39 is 34.3 Å². The third-order valence-electron chi connectivity index (χ3n) is 6.53. The molecule has 184 valence electrons. The van der Waals surface area contributed by atoms with E-state index in [0.717, 1.165) is 32.4 Å². The number of rotatable bonds is 5. The SMILES string of the molecule is O=C(N[C@@H]1C(=O)Nc2nc(N3CCCCC3)[nH]c(=O)c2[C@H]1c1cccc([N+](=O)[O-])c1)c1ccccc1. The number of anilines is 2. The van der Waals surface area contributed by atoms with Gasteiger partial charge in [0.05, 0.1) is 10.5 Å². The van der Waals surface area contributed by atoms with Gasteiger partial charge in [0.15, 0.2) is 0 Å². The normalized spacial score (nSPS) is 19.2. The van der Waals surface area contributed by atoms with Crippen LogP contribution >= 0.6 is 0 Å². The molecule has 5 rings (SSSR count). The molecule has 0 aliphatic carbocycles. The minimum Gasteiger partial charge on any atom is -0.342 e. The van der Waals surface area contributed by atoms with Crippen molar-refractivity contribution in [3.8, 4) is 0 Å². The van der Waals surface area contributed by atoms with Gasteiger partial charge >= 0.3 is 0 Å². The molecule has 2 atom stereocenters. The minimum absolute atomic E-state index is 0.0889. The smallest absolute Gasteiger partial charge is 0.269 e. The molecule has 3 heterocycles. The molecule has 0 radical (unpaired) electrons. The van der Waals surface area contributed by atoms with Crippen LogP contribution in [-0.2, 0) is 4.79 Å². The summed E-state index contributed by atoms with van der Waals surface area (Å²) in [5.41, 5.74) is 0.144. The molecule has 0 saturated carbocycles. The summed E-state index contributed by atoms with van der Waals surface area (Å²) in [6, 6.07) is 12.9. The summed E-state index contributed by atoms with van der Waals surface area (Å²) in [6.07, 6.45) is 3.04. The van der Waals surface area contributed by atoms with Crippen LogP contribution in [0.5, 0.6) is 0 Å². The first-order valence-corrected chi connectivity index (χ1v) is 11.7. The molecule has 0 unspecified atom stereocenters. The van der Waals surface area contributed by atoms with Gasteiger partial charge < -0.3 is 15.5 Å². The number of amides is 2. The van der Waals surface area contributed by atoms with Crippen molar-refractivity contribution in [3.63, 3.8) is 0 Å². The zero-order chi connectivity index (χ0) is 25.2. The van der Waals surface area contributed by atoms with Crippen molar-refractivity contribution in [2.45, 2.75) is 31.2 Å². The lowest BCUT2D eigenvalue weighted by atomic mass is 9.82. The topological polar surface area (TPSA) is 150 Å². The predicted molar refractivity (Wildman–Crippen MR) is 132 cm³/mol. The Morgan fingerprint density at radius 3 is 2.53 bits per heavy atom. The molecule has 36 heavy (non-hydrogen) atoms. The molecule has 2 amide bonds. The molecular formula is C25H24N6O5. The zero-order valence-electron chi connectivity index (χ0n) is 19.3. The summed E-state index contributed by atoms with van der Waals surface area (Å²) in [5.74, 6) is -1.61. The maximum atomic E-state index is 13.4. The van der Waals surface area contributed by atoms with Gasteiger partial charge in [-0.15, -0.1) is 0 Å². The maximum Gasteiger partial charge on any atom is 0.269 e. The van der Waals surface area contributed by atoms with E-state index in [4.69, 9.17) is 0 Å². The second-order valence-electron chi connectivity index (χ2n) is 8.84. The molecule has 1 aromatic heterocycles. The van der Waals surface area contributed by atoms with Gasteiger partial charge in [-0.25, -0.2) is 0 Å². The highest BCUT2D eigenvalue weighted by molar-refractivity contribution is 6.03. The number of non-ortho nitro benzene ring substituents is 1. The molecule has 2 aliphatic heterocycles. The van der Waals surface area contributed by atoms with Crippen molar-refractivity contribution in [2.75, 3.05) is 23.3 Å². The van der Waals surface area contributed by atoms with Crippen molar-refractivity contribution >= 4 is 29.3 Å². The van der Waals surface area contributed by atoms with Crippen molar-refractivity contribution in [1.82, 2.24) is 15.3 Å². The number of aromatic nitrogens is 2. The van der Waals surface area contributed by atoms with Crippen LogP contribution in [0.2, 0.25) is 0 Å². The maximum absolute atomic E-state index is 13.4. The van der Waals surface area contributed by atoms with Crippen LogP contribution in [-0.4, -0.2) is 45.8 Å². The van der Waals surface area contributed by atoms with Crippen LogP contribution in [0.4, 0.5) is 17.5 Å². The molecular weight excluding hydrogens is 464 g/mol. The number of nitro groups is 1. The monoisotopic (exact) mass is 488 g/mol. The standard InChI is InChI=1S/C25H24N6O5/c32-22(15-8-3-1-4-9-15)26-20-18(16-10-7-11-17(14-16)31(35)36)19-21(27-24(20)34)28-25(29-23(19)33)30-12-5-2-6-13-30/h1,3-4,7-11,14,18,20H,2,5-6,12-13H2,(H,26,32)(H2,27,28,29,33,34)/t18-,20+/m1/s1. The highest BCUT2D eigenvalue weighted by Gasteiger charge is 2.41. The summed E-state index contributed by atoms with van der Waals surface area (Å²) in [4.78, 5) is 59.9. The lowest BCUT2D eigenvalue weighted by molar-refractivity contribution is -0.384. The number of nitrogens with zero attached hydrogens (tertiary/aromatic N) is 3. The Bertz CT molecular complexity index is 1380. The quantitative estimate of drug-likeness (QED) is 0.369. The number of nitro benzene ring substituents is 1. The van der Waals surface area contributed by atoms with E-state index >= 15 is 0 Å². The molecule has 1 fully saturated rings. The summed E-state index contributed by atoms with van der Waals surface area (Å²) in [6.45, 7) is 1.47. The van der Waals surface area contributed by atoms with Crippen LogP contribution in [0.15, 0.2) is 59.4 Å². The number of piperidine rings is 1. The number of carbonyl (C=O) groups is 2. The van der Waals surface area contributed by atoms with E-state index in [1.807, 2.05) is 4.90 Å². The lowest BCUT2D eigenvalue weighted by Crippen LogP contribution is -2.52. The van der Waals surface area contributed by atoms with Crippen LogP contribution in [0.25, 0.3) is 0 Å². The van der Waals surface area contributed by atoms with Gasteiger partial charge in [0, 0.05) is 36.7 Å². The van der Waals surface area contributed by atoms with Gasteiger partial charge in [-0.3, -0.25) is 29.5 Å². The molecule has 3 aromatic rings. The molecule has 0 bridgehead atoms. The third kappa shape index (κ3) is 4.42. The number of fused-ring (bicyclic) bond motifs is 1. The third-order valence-corrected chi connectivity index (χ3v) is 6.53. The van der Waals surface area contributed by atoms with Gasteiger partial charge in [-0.05, 0) is 37.0 Å². The first kappa shape index (κ1) is 23.2. The Morgan fingerprint density at radius 1 is 1.06 bits per heavy atom. The van der Waals surface area contributed by atoms with Crippen molar-refractivity contribution < 1.29 is 14.5 Å². The van der Waals surface area contributed by atoms with Gasteiger partial charge in [0.1, 0.15) is 11.9 Å². The van der Waals surface area contributed by atoms with Crippen LogP contribution < -0.4 is 21.1 Å². The molecule has 2 aromatic carbocycles. The largest absolute Gasteiger partial charge is 0.342 e. The molecule has 3 N–H and O–H groups in total. The zero-order valence-corrected chi connectivity index (χ0v) is 19.3. The number of aromatic amines is 1. The van der Waals surface area contributed by atoms with Gasteiger partial charge in [-0.1, -0.05) is 30.3 Å². The summed E-state index contributed by atoms with van der Waals surface area (Å²) < 4.78 is 0. The van der Waals surface area contributed by atoms with Gasteiger partial charge in [-0.2, -0.15) is 4.98 Å². The second kappa shape index (κ2) is 9.61. The fourth-order valence-electron chi connectivity index (χ4n) is 4.78. The number of hydrogen-bond acceptors (Lipinski definition) is 7. The highest BCUT2D eigenvalue weighted by atomic mass is 16.6. The second-order valence-corrected chi connectivity index (χ2v) is 8.84. The number of H-pyrrole nitrogens is 1. The first-order chi connectivity index (χ1) is 17.4. The Labute approximate surface area is 205 Å². The Morgan fingerprint density at radius 2 is 1.81 bits per heavy atom. The van der Waals surface area contributed by atoms with E-state index in [-0.39, 0.29) is 17.1 Å². The van der Waals surface area contributed by atoms with Crippen LogP contribution in [0.1, 0.15) is 46.7 Å². The van der Waals surface area contributed by atoms with E-state index in [1.54, 1.807) is 36.4 Å². The van der Waals surface area contributed by atoms with Crippen LogP contribution in [0.3, 0.4) is 0 Å². The molecule has 2 aliphatic rings. The van der Waals surface area contributed by atoms with E-state index in [2.05, 4.69) is 20.6 Å². The number of hydrogen-bond donors (Lipinski definition) is 3. The van der Waals surface area contributed by atoms with Gasteiger partial charge in [0.25, 0.3) is 17.2 Å². The van der Waals surface area contributed by atoms with Gasteiger partial charge in [0.2, 0.25) is 11.9 Å². The number of benzene rings is 2. The van der Waals surface area contributed by atoms with Crippen molar-refractivity contribution in [1.29, 1.82) is 0 Å². The van der Waals surface area contributed by atoms with E-state index in [9.17, 15) is 24.5 Å². The lowest BCUT2D eigenvalue weighted by Gasteiger charge is -2.34. The number of carbonyl (C=O) groups excluding carboxylic acids is 2. The fraction of sp³-hybridized carbons (Fsp3) is 0.280. The highest BCUT2D eigenvalue weighted by Crippen LogP contribution is 2.36. The van der Waals surface area contributed by atoms with Crippen LogP contribution in [0, 0.1) is 10.1 Å². The average molecular weight is 489 g/mol. The summed E-state index contributed by atoms with van der Waals surface area (Å²) >= 11 is 0. The average Bonchev–Trinajstić information content (AvgIpc) is 2.90. The van der Waals surface area contributed by atoms with Crippen molar-refractivity contribution in [2.24, 2.45) is 0 Å². The Hall–Kier alpha value is -4.54.